The number of methoxy groups -OCH3 is 1. The fourth-order valence-corrected chi connectivity index (χ4v) is 3.05. The average molecular weight is 359 g/mol. The van der Waals surface area contributed by atoms with Crippen molar-refractivity contribution in [2.24, 2.45) is 0 Å². The molecule has 0 saturated carbocycles. The van der Waals surface area contributed by atoms with Crippen molar-refractivity contribution in [3.05, 3.63) is 83.4 Å². The van der Waals surface area contributed by atoms with Crippen LogP contribution in [0, 0.1) is 13.8 Å². The number of hydrogen-bond donors (Lipinski definition) is 0. The van der Waals surface area contributed by atoms with Crippen molar-refractivity contribution in [3.63, 3.8) is 0 Å². The van der Waals surface area contributed by atoms with E-state index in [9.17, 15) is 4.79 Å². The summed E-state index contributed by atoms with van der Waals surface area (Å²) >= 11 is 0. The zero-order valence-corrected chi connectivity index (χ0v) is 16.3. The summed E-state index contributed by atoms with van der Waals surface area (Å²) in [6.07, 6.45) is 0.972. The van der Waals surface area contributed by atoms with E-state index >= 15 is 0 Å². The van der Waals surface area contributed by atoms with Gasteiger partial charge in [0.05, 0.1) is 7.11 Å². The molecule has 0 saturated heterocycles. The molecule has 0 heterocycles. The molecule has 0 aliphatic rings. The van der Waals surface area contributed by atoms with Crippen LogP contribution in [-0.2, 0) is 4.79 Å². The van der Waals surface area contributed by atoms with Gasteiger partial charge in [0, 0.05) is 23.0 Å². The molecule has 3 aromatic rings. The van der Waals surface area contributed by atoms with Crippen LogP contribution >= 0.6 is 0 Å². The van der Waals surface area contributed by atoms with E-state index in [-0.39, 0.29) is 5.92 Å². The highest BCUT2D eigenvalue weighted by molar-refractivity contribution is 5.77. The Morgan fingerprint density at radius 1 is 0.815 bits per heavy atom. The summed E-state index contributed by atoms with van der Waals surface area (Å²) in [6.45, 7) is 6.15. The lowest BCUT2D eigenvalue weighted by Crippen LogP contribution is -2.10. The average Bonchev–Trinajstić information content (AvgIpc) is 2.71. The second-order valence-electron chi connectivity index (χ2n) is 6.82. The van der Waals surface area contributed by atoms with Gasteiger partial charge in [-0.2, -0.15) is 0 Å². The maximum Gasteiger partial charge on any atom is 0.127 e. The molecule has 0 spiro atoms. The Kier molecular flexibility index (Phi) is 5.60. The van der Waals surface area contributed by atoms with Gasteiger partial charge in [-0.15, -0.1) is 0 Å². The fourth-order valence-electron chi connectivity index (χ4n) is 3.05. The Morgan fingerprint density at radius 2 is 1.37 bits per heavy atom. The van der Waals surface area contributed by atoms with E-state index in [1.807, 2.05) is 31.2 Å². The molecule has 0 fully saturated rings. The van der Waals surface area contributed by atoms with Crippen molar-refractivity contribution in [1.82, 2.24) is 0 Å². The maximum atomic E-state index is 11.1. The molecule has 138 valence electrons. The third-order valence-electron chi connectivity index (χ3n) is 4.96. The van der Waals surface area contributed by atoms with Crippen molar-refractivity contribution >= 4 is 23.3 Å². The smallest absolute Gasteiger partial charge is 0.127 e. The normalized spacial score (nSPS) is 11.7. The number of rotatable bonds is 6. The Morgan fingerprint density at radius 3 is 1.89 bits per heavy atom. The van der Waals surface area contributed by atoms with Gasteiger partial charge in [0.15, 0.2) is 0 Å². The Balaban J connectivity index is 2.08. The lowest BCUT2D eigenvalue weighted by molar-refractivity contribution is -0.108. The van der Waals surface area contributed by atoms with Gasteiger partial charge in [-0.1, -0.05) is 25.1 Å². The molecule has 0 radical (unpaired) electrons. The molecule has 1 unspecified atom stereocenters. The summed E-state index contributed by atoms with van der Waals surface area (Å²) in [5.74, 6) is 0.726. The third-order valence-corrected chi connectivity index (χ3v) is 4.96. The van der Waals surface area contributed by atoms with E-state index in [0.717, 1.165) is 34.7 Å². The van der Waals surface area contributed by atoms with Gasteiger partial charge in [0.1, 0.15) is 12.0 Å². The quantitative estimate of drug-likeness (QED) is 0.499. The number of aldehydes is 1. The fraction of sp³-hybridized carbons (Fsp3) is 0.208. The molecule has 0 aliphatic carbocycles. The molecule has 0 N–H and O–H groups in total. The summed E-state index contributed by atoms with van der Waals surface area (Å²) < 4.78 is 5.30. The van der Waals surface area contributed by atoms with Crippen LogP contribution in [0.15, 0.2) is 66.7 Å². The molecular formula is C24H25NO2. The Hall–Kier alpha value is -3.07. The van der Waals surface area contributed by atoms with E-state index < -0.39 is 0 Å². The molecule has 0 aliphatic heterocycles. The molecule has 0 bridgehead atoms. The van der Waals surface area contributed by atoms with E-state index in [1.165, 1.54) is 11.1 Å². The minimum absolute atomic E-state index is 0.102. The summed E-state index contributed by atoms with van der Waals surface area (Å²) in [5.41, 5.74) is 6.73. The molecule has 3 rings (SSSR count). The zero-order chi connectivity index (χ0) is 19.4. The number of ether oxygens (including phenoxy) is 1. The van der Waals surface area contributed by atoms with Crippen LogP contribution in [-0.4, -0.2) is 13.4 Å². The molecule has 27 heavy (non-hydrogen) atoms. The summed E-state index contributed by atoms with van der Waals surface area (Å²) in [4.78, 5) is 13.3. The highest BCUT2D eigenvalue weighted by Crippen LogP contribution is 2.36. The molecule has 1 atom stereocenters. The number of anilines is 3. The van der Waals surface area contributed by atoms with Crippen molar-refractivity contribution in [2.45, 2.75) is 26.7 Å². The van der Waals surface area contributed by atoms with Crippen LogP contribution in [0.5, 0.6) is 5.75 Å². The monoisotopic (exact) mass is 359 g/mol. The second-order valence-corrected chi connectivity index (χ2v) is 6.82. The van der Waals surface area contributed by atoms with Crippen LogP contribution in [0.25, 0.3) is 0 Å². The first kappa shape index (κ1) is 18.7. The maximum absolute atomic E-state index is 11.1. The number of carbonyl (C=O) groups excluding carboxylic acids is 1. The highest BCUT2D eigenvalue weighted by atomic mass is 16.5. The first-order chi connectivity index (χ1) is 13.0. The summed E-state index contributed by atoms with van der Waals surface area (Å²) in [6, 6.07) is 22.7. The summed E-state index contributed by atoms with van der Waals surface area (Å²) in [7, 11) is 1.67. The van der Waals surface area contributed by atoms with Gasteiger partial charge in [-0.25, -0.2) is 0 Å². The Bertz CT molecular complexity index is 914. The first-order valence-electron chi connectivity index (χ1n) is 9.10. The van der Waals surface area contributed by atoms with E-state index in [4.69, 9.17) is 4.74 Å². The van der Waals surface area contributed by atoms with Gasteiger partial charge in [-0.05, 0) is 79.1 Å². The third kappa shape index (κ3) is 4.03. The topological polar surface area (TPSA) is 29.5 Å². The van der Waals surface area contributed by atoms with Gasteiger partial charge < -0.3 is 14.4 Å². The standard InChI is InChI=1S/C24H25NO2/c1-17-5-8-23(15-18(17)2)25(22-11-13-24(27-4)14-12-22)21-9-6-20(7-10-21)19(3)16-26/h5-16,19H,1-4H3. The SMILES string of the molecule is COc1ccc(N(c2ccc(C(C)C=O)cc2)c2ccc(C)c(C)c2)cc1. The number of benzene rings is 3. The van der Waals surface area contributed by atoms with Gasteiger partial charge in [-0.3, -0.25) is 0 Å². The number of aryl methyl sites for hydroxylation is 2. The van der Waals surface area contributed by atoms with Crippen molar-refractivity contribution in [1.29, 1.82) is 0 Å². The van der Waals surface area contributed by atoms with E-state index in [2.05, 4.69) is 61.2 Å². The Labute approximate surface area is 161 Å². The highest BCUT2D eigenvalue weighted by Gasteiger charge is 2.14. The lowest BCUT2D eigenvalue weighted by atomic mass is 10.0. The first-order valence-corrected chi connectivity index (χ1v) is 9.10. The van der Waals surface area contributed by atoms with Crippen LogP contribution in [0.3, 0.4) is 0 Å². The van der Waals surface area contributed by atoms with Crippen molar-refractivity contribution < 1.29 is 9.53 Å². The van der Waals surface area contributed by atoms with Crippen LogP contribution in [0.4, 0.5) is 17.1 Å². The molecular weight excluding hydrogens is 334 g/mol. The van der Waals surface area contributed by atoms with E-state index in [0.29, 0.717) is 0 Å². The largest absolute Gasteiger partial charge is 0.497 e. The van der Waals surface area contributed by atoms with Crippen molar-refractivity contribution in [2.75, 3.05) is 12.0 Å². The van der Waals surface area contributed by atoms with Gasteiger partial charge in [0.25, 0.3) is 0 Å². The summed E-state index contributed by atoms with van der Waals surface area (Å²) in [5, 5.41) is 0. The minimum Gasteiger partial charge on any atom is -0.497 e. The predicted molar refractivity (Wildman–Crippen MR) is 112 cm³/mol. The molecule has 3 heteroatoms. The number of hydrogen-bond acceptors (Lipinski definition) is 3. The van der Waals surface area contributed by atoms with Crippen LogP contribution < -0.4 is 9.64 Å². The molecule has 3 nitrogen and oxygen atoms in total. The predicted octanol–water partition coefficient (Wildman–Crippen LogP) is 6.08. The van der Waals surface area contributed by atoms with E-state index in [1.54, 1.807) is 7.11 Å². The minimum atomic E-state index is -0.102. The number of carbonyl (C=O) groups is 1. The van der Waals surface area contributed by atoms with Crippen molar-refractivity contribution in [3.8, 4) is 5.75 Å². The molecule has 0 aromatic heterocycles. The lowest BCUT2D eigenvalue weighted by Gasteiger charge is -2.26. The zero-order valence-electron chi connectivity index (χ0n) is 16.3. The van der Waals surface area contributed by atoms with Gasteiger partial charge in [0.2, 0.25) is 0 Å². The van der Waals surface area contributed by atoms with Crippen LogP contribution in [0.1, 0.15) is 29.5 Å². The van der Waals surface area contributed by atoms with Gasteiger partial charge >= 0.3 is 0 Å². The van der Waals surface area contributed by atoms with Crippen LogP contribution in [0.2, 0.25) is 0 Å². The number of nitrogens with zero attached hydrogens (tertiary/aromatic N) is 1. The molecule has 3 aromatic carbocycles. The second kappa shape index (κ2) is 8.09. The molecule has 0 amide bonds.